The van der Waals surface area contributed by atoms with E-state index < -0.39 is 0 Å². The van der Waals surface area contributed by atoms with Gasteiger partial charge in [0.2, 0.25) is 0 Å². The van der Waals surface area contributed by atoms with Gasteiger partial charge in [-0.15, -0.1) is 0 Å². The topological polar surface area (TPSA) is 46.6 Å². The smallest absolute Gasteiger partial charge is 0.308 e. The summed E-state index contributed by atoms with van der Waals surface area (Å²) in [4.78, 5) is 26.3. The number of hydrogen-bond acceptors (Lipinski definition) is 3. The predicted octanol–water partition coefficient (Wildman–Crippen LogP) is 4.22. The van der Waals surface area contributed by atoms with Crippen molar-refractivity contribution in [1.82, 2.24) is 4.90 Å². The summed E-state index contributed by atoms with van der Waals surface area (Å²) in [6.45, 7) is 9.32. The second-order valence-electron chi connectivity index (χ2n) is 6.17. The minimum absolute atomic E-state index is 0.0183. The molecule has 1 atom stereocenters. The minimum atomic E-state index is -0.134. The van der Waals surface area contributed by atoms with Gasteiger partial charge in [-0.25, -0.2) is 0 Å². The molecule has 4 nitrogen and oxygen atoms in total. The summed E-state index contributed by atoms with van der Waals surface area (Å²) in [6, 6.07) is 7.56. The van der Waals surface area contributed by atoms with Crippen LogP contribution in [0.2, 0.25) is 0 Å². The second-order valence-corrected chi connectivity index (χ2v) is 6.17. The van der Waals surface area contributed by atoms with E-state index >= 15 is 0 Å². The molecule has 0 heterocycles. The molecule has 0 aromatic heterocycles. The standard InChI is InChI=1S/C20H31NO3/c1-5-8-11-17(6-2)20(23)24-14-13-21(7-3)19(22)18-12-9-10-16(4)15-18/h9-10,12,15,17H,5-8,11,13-14H2,1-4H3. The van der Waals surface area contributed by atoms with Crippen molar-refractivity contribution < 1.29 is 14.3 Å². The predicted molar refractivity (Wildman–Crippen MR) is 97.0 cm³/mol. The van der Waals surface area contributed by atoms with E-state index in [2.05, 4.69) is 6.92 Å². The Labute approximate surface area is 146 Å². The van der Waals surface area contributed by atoms with Crippen molar-refractivity contribution in [3.63, 3.8) is 0 Å². The Balaban J connectivity index is 2.51. The van der Waals surface area contributed by atoms with E-state index in [1.807, 2.05) is 45.0 Å². The molecule has 0 spiro atoms. The zero-order valence-electron chi connectivity index (χ0n) is 15.5. The van der Waals surface area contributed by atoms with E-state index in [9.17, 15) is 9.59 Å². The highest BCUT2D eigenvalue weighted by Gasteiger charge is 2.19. The fraction of sp³-hybridized carbons (Fsp3) is 0.600. The van der Waals surface area contributed by atoms with Gasteiger partial charge < -0.3 is 9.64 Å². The van der Waals surface area contributed by atoms with Crippen LogP contribution in [0.5, 0.6) is 0 Å². The first kappa shape index (κ1) is 20.2. The van der Waals surface area contributed by atoms with Gasteiger partial charge in [0.05, 0.1) is 12.5 Å². The van der Waals surface area contributed by atoms with Crippen molar-refractivity contribution in [1.29, 1.82) is 0 Å². The van der Waals surface area contributed by atoms with Crippen molar-refractivity contribution in [2.45, 2.75) is 53.4 Å². The first-order chi connectivity index (χ1) is 11.5. The number of amides is 1. The number of ether oxygens (including phenoxy) is 1. The number of unbranched alkanes of at least 4 members (excludes halogenated alkanes) is 1. The average Bonchev–Trinajstić information content (AvgIpc) is 2.59. The summed E-state index contributed by atoms with van der Waals surface area (Å²) in [5.41, 5.74) is 1.74. The molecule has 1 aromatic rings. The first-order valence-electron chi connectivity index (χ1n) is 9.05. The number of carbonyl (C=O) groups excluding carboxylic acids is 2. The highest BCUT2D eigenvalue weighted by Crippen LogP contribution is 2.14. The summed E-state index contributed by atoms with van der Waals surface area (Å²) in [5, 5.41) is 0. The van der Waals surface area contributed by atoms with Crippen LogP contribution in [0.1, 0.15) is 62.4 Å². The number of nitrogens with zero attached hydrogens (tertiary/aromatic N) is 1. The lowest BCUT2D eigenvalue weighted by atomic mass is 10.00. The number of esters is 1. The molecule has 0 saturated heterocycles. The van der Waals surface area contributed by atoms with E-state index in [-0.39, 0.29) is 24.4 Å². The molecule has 134 valence electrons. The van der Waals surface area contributed by atoms with Gasteiger partial charge in [-0.1, -0.05) is 44.4 Å². The third kappa shape index (κ3) is 6.34. The fourth-order valence-electron chi connectivity index (χ4n) is 2.68. The molecule has 1 aromatic carbocycles. The van der Waals surface area contributed by atoms with Crippen molar-refractivity contribution in [3.8, 4) is 0 Å². The number of rotatable bonds is 10. The van der Waals surface area contributed by atoms with Crippen LogP contribution in [0.15, 0.2) is 24.3 Å². The Morgan fingerprint density at radius 3 is 2.54 bits per heavy atom. The Hall–Kier alpha value is -1.84. The van der Waals surface area contributed by atoms with Gasteiger partial charge in [0.25, 0.3) is 5.91 Å². The molecule has 0 N–H and O–H groups in total. The van der Waals surface area contributed by atoms with Gasteiger partial charge in [0.15, 0.2) is 0 Å². The number of likely N-dealkylation sites (N-methyl/N-ethyl adjacent to an activating group) is 1. The third-order valence-corrected chi connectivity index (χ3v) is 4.27. The first-order valence-corrected chi connectivity index (χ1v) is 9.05. The summed E-state index contributed by atoms with van der Waals surface area (Å²) in [7, 11) is 0. The van der Waals surface area contributed by atoms with Crippen LogP contribution in [-0.4, -0.2) is 36.5 Å². The summed E-state index contributed by atoms with van der Waals surface area (Å²) in [5.74, 6) is -0.173. The Morgan fingerprint density at radius 1 is 1.21 bits per heavy atom. The molecule has 1 unspecified atom stereocenters. The minimum Gasteiger partial charge on any atom is -0.464 e. The molecule has 0 aliphatic heterocycles. The normalized spacial score (nSPS) is 11.8. The van der Waals surface area contributed by atoms with Crippen LogP contribution in [0.3, 0.4) is 0 Å². The SMILES string of the molecule is CCCCC(CC)C(=O)OCCN(CC)C(=O)c1cccc(C)c1. The lowest BCUT2D eigenvalue weighted by molar-refractivity contribution is -0.149. The Kier molecular flexibility index (Phi) is 9.13. The zero-order chi connectivity index (χ0) is 17.9. The van der Waals surface area contributed by atoms with Crippen LogP contribution in [0, 0.1) is 12.8 Å². The highest BCUT2D eigenvalue weighted by molar-refractivity contribution is 5.94. The largest absolute Gasteiger partial charge is 0.464 e. The molecular formula is C20H31NO3. The van der Waals surface area contributed by atoms with Gasteiger partial charge >= 0.3 is 5.97 Å². The van der Waals surface area contributed by atoms with Crippen molar-refractivity contribution in [2.24, 2.45) is 5.92 Å². The molecule has 1 amide bonds. The average molecular weight is 333 g/mol. The Morgan fingerprint density at radius 2 is 1.96 bits per heavy atom. The van der Waals surface area contributed by atoms with Gasteiger partial charge in [-0.2, -0.15) is 0 Å². The number of benzene rings is 1. The van der Waals surface area contributed by atoms with Crippen molar-refractivity contribution in [2.75, 3.05) is 19.7 Å². The molecule has 0 saturated carbocycles. The monoisotopic (exact) mass is 333 g/mol. The Bertz CT molecular complexity index is 527. The van der Waals surface area contributed by atoms with Crippen molar-refractivity contribution in [3.05, 3.63) is 35.4 Å². The van der Waals surface area contributed by atoms with Gasteiger partial charge in [-0.05, 0) is 38.8 Å². The van der Waals surface area contributed by atoms with E-state index in [0.29, 0.717) is 18.7 Å². The third-order valence-electron chi connectivity index (χ3n) is 4.27. The van der Waals surface area contributed by atoms with E-state index in [0.717, 1.165) is 31.2 Å². The summed E-state index contributed by atoms with van der Waals surface area (Å²) in [6.07, 6.45) is 3.81. The molecule has 0 aliphatic rings. The van der Waals surface area contributed by atoms with Crippen LogP contribution in [-0.2, 0) is 9.53 Å². The number of aryl methyl sites for hydroxylation is 1. The van der Waals surface area contributed by atoms with Gasteiger partial charge in [-0.3, -0.25) is 9.59 Å². The molecule has 0 aliphatic carbocycles. The maximum atomic E-state index is 12.5. The van der Waals surface area contributed by atoms with Crippen LogP contribution < -0.4 is 0 Å². The number of hydrogen-bond donors (Lipinski definition) is 0. The molecular weight excluding hydrogens is 302 g/mol. The highest BCUT2D eigenvalue weighted by atomic mass is 16.5. The summed E-state index contributed by atoms with van der Waals surface area (Å²) < 4.78 is 5.40. The van der Waals surface area contributed by atoms with Gasteiger partial charge in [0.1, 0.15) is 6.61 Å². The van der Waals surface area contributed by atoms with Crippen LogP contribution in [0.25, 0.3) is 0 Å². The van der Waals surface area contributed by atoms with Crippen molar-refractivity contribution >= 4 is 11.9 Å². The molecule has 24 heavy (non-hydrogen) atoms. The molecule has 4 heteroatoms. The van der Waals surface area contributed by atoms with E-state index in [1.54, 1.807) is 4.90 Å². The van der Waals surface area contributed by atoms with E-state index in [4.69, 9.17) is 4.74 Å². The lowest BCUT2D eigenvalue weighted by Gasteiger charge is -2.22. The molecule has 0 bridgehead atoms. The van der Waals surface area contributed by atoms with E-state index in [1.165, 1.54) is 0 Å². The molecule has 0 radical (unpaired) electrons. The summed E-state index contributed by atoms with van der Waals surface area (Å²) >= 11 is 0. The molecule has 1 rings (SSSR count). The fourth-order valence-corrected chi connectivity index (χ4v) is 2.68. The maximum absolute atomic E-state index is 12.5. The lowest BCUT2D eigenvalue weighted by Crippen LogP contribution is -2.34. The van der Waals surface area contributed by atoms with Gasteiger partial charge in [0, 0.05) is 12.1 Å². The zero-order valence-corrected chi connectivity index (χ0v) is 15.5. The van der Waals surface area contributed by atoms with Crippen LogP contribution >= 0.6 is 0 Å². The quantitative estimate of drug-likeness (QED) is 0.602. The van der Waals surface area contributed by atoms with Crippen LogP contribution in [0.4, 0.5) is 0 Å². The second kappa shape index (κ2) is 10.8. The molecule has 0 fully saturated rings. The number of carbonyl (C=O) groups is 2. The maximum Gasteiger partial charge on any atom is 0.308 e.